The molecule has 3 N–H and O–H groups in total. The highest BCUT2D eigenvalue weighted by Crippen LogP contribution is 2.34. The number of hydrogen-bond acceptors (Lipinski definition) is 8. The normalized spacial score (nSPS) is 25.3. The van der Waals surface area contributed by atoms with Gasteiger partial charge in [-0.15, -0.1) is 0 Å². The predicted octanol–water partition coefficient (Wildman–Crippen LogP) is 0.505. The summed E-state index contributed by atoms with van der Waals surface area (Å²) in [5, 5.41) is 20.0. The Hall–Kier alpha value is -2.24. The van der Waals surface area contributed by atoms with Gasteiger partial charge in [0.25, 0.3) is 5.56 Å². The lowest BCUT2D eigenvalue weighted by molar-refractivity contribution is -0.0608. The molecule has 10 heteroatoms. The van der Waals surface area contributed by atoms with Gasteiger partial charge in [-0.1, -0.05) is 30.0 Å². The number of hydrogen-bond donors (Lipinski definition) is 3. The summed E-state index contributed by atoms with van der Waals surface area (Å²) in [6.07, 6.45) is -0.662. The highest BCUT2D eigenvalue weighted by molar-refractivity contribution is 7.99. The summed E-state index contributed by atoms with van der Waals surface area (Å²) in [6, 6.07) is 9.72. The molecule has 4 atom stereocenters. The largest absolute Gasteiger partial charge is 0.394 e. The second-order valence-corrected chi connectivity index (χ2v) is 7.00. The minimum Gasteiger partial charge on any atom is -0.394 e. The topological polar surface area (TPSA) is 122 Å². The molecule has 1 aliphatic rings. The zero-order valence-corrected chi connectivity index (χ0v) is 15.0. The van der Waals surface area contributed by atoms with Gasteiger partial charge in [-0.05, 0) is 12.1 Å². The summed E-state index contributed by atoms with van der Waals surface area (Å²) < 4.78 is 13.2. The van der Waals surface area contributed by atoms with Crippen molar-refractivity contribution in [2.24, 2.45) is 0 Å². The van der Waals surface area contributed by atoms with E-state index >= 15 is 0 Å². The molecule has 142 valence electrons. The fourth-order valence-electron chi connectivity index (χ4n) is 3.02. The molecule has 9 nitrogen and oxygen atoms in total. The highest BCUT2D eigenvalue weighted by Gasteiger charge is 2.45. The summed E-state index contributed by atoms with van der Waals surface area (Å²) in [5.74, 6) is 0.282. The van der Waals surface area contributed by atoms with Gasteiger partial charge in [-0.25, -0.2) is 9.97 Å². The molecule has 3 heterocycles. The average molecular weight is 390 g/mol. The van der Waals surface area contributed by atoms with Crippen LogP contribution in [0.3, 0.4) is 0 Å². The van der Waals surface area contributed by atoms with Crippen LogP contribution in [0.15, 0.2) is 52.7 Å². The molecule has 1 saturated heterocycles. The van der Waals surface area contributed by atoms with Crippen molar-refractivity contribution in [3.05, 3.63) is 53.3 Å². The molecule has 1 aromatic carbocycles. The Morgan fingerprint density at radius 1 is 1.30 bits per heavy atom. The predicted molar refractivity (Wildman–Crippen MR) is 97.2 cm³/mol. The van der Waals surface area contributed by atoms with E-state index in [0.29, 0.717) is 5.65 Å². The third-order valence-corrected chi connectivity index (χ3v) is 5.22. The SMILES string of the molecule is O=c1[nH]cnc2c1ncn2[C@@H]1O[C@H](CO)C(O)C1OCSc1ccccc1. The van der Waals surface area contributed by atoms with Crippen LogP contribution in [0.4, 0.5) is 0 Å². The van der Waals surface area contributed by atoms with Gasteiger partial charge in [0.1, 0.15) is 18.3 Å². The van der Waals surface area contributed by atoms with Crippen LogP contribution < -0.4 is 5.56 Å². The Labute approximate surface area is 158 Å². The number of thioether (sulfide) groups is 1. The van der Waals surface area contributed by atoms with Crippen LogP contribution >= 0.6 is 11.8 Å². The number of ether oxygens (including phenoxy) is 2. The molecule has 1 aliphatic heterocycles. The van der Waals surface area contributed by atoms with Gasteiger partial charge in [0.05, 0.1) is 25.2 Å². The van der Waals surface area contributed by atoms with Crippen molar-refractivity contribution in [2.45, 2.75) is 29.4 Å². The number of H-pyrrole nitrogens is 1. The van der Waals surface area contributed by atoms with Gasteiger partial charge < -0.3 is 24.7 Å². The van der Waals surface area contributed by atoms with Gasteiger partial charge in [0.2, 0.25) is 0 Å². The van der Waals surface area contributed by atoms with E-state index in [9.17, 15) is 15.0 Å². The zero-order chi connectivity index (χ0) is 18.8. The molecule has 4 rings (SSSR count). The Kier molecular flexibility index (Phi) is 5.23. The number of fused-ring (bicyclic) bond motifs is 1. The lowest BCUT2D eigenvalue weighted by Gasteiger charge is -2.21. The molecule has 27 heavy (non-hydrogen) atoms. The maximum atomic E-state index is 11.9. The number of nitrogens with zero attached hydrogens (tertiary/aromatic N) is 3. The summed E-state index contributed by atoms with van der Waals surface area (Å²) in [4.78, 5) is 23.6. The summed E-state index contributed by atoms with van der Waals surface area (Å²) in [7, 11) is 0. The van der Waals surface area contributed by atoms with Crippen molar-refractivity contribution >= 4 is 22.9 Å². The van der Waals surface area contributed by atoms with Crippen LogP contribution in [-0.4, -0.2) is 60.6 Å². The molecule has 0 amide bonds. The summed E-state index contributed by atoms with van der Waals surface area (Å²) in [5.41, 5.74) is 0.118. The van der Waals surface area contributed by atoms with Gasteiger partial charge in [-0.2, -0.15) is 0 Å². The third-order valence-electron chi connectivity index (χ3n) is 4.36. The fraction of sp³-hybridized carbons (Fsp3) is 0.353. The summed E-state index contributed by atoms with van der Waals surface area (Å²) >= 11 is 1.48. The Morgan fingerprint density at radius 2 is 2.11 bits per heavy atom. The summed E-state index contributed by atoms with van der Waals surface area (Å²) in [6.45, 7) is -0.357. The number of benzene rings is 1. The molecule has 0 saturated carbocycles. The van der Waals surface area contributed by atoms with Crippen molar-refractivity contribution in [3.63, 3.8) is 0 Å². The number of aromatic amines is 1. The monoisotopic (exact) mass is 390 g/mol. The van der Waals surface area contributed by atoms with Crippen LogP contribution in [0.5, 0.6) is 0 Å². The highest BCUT2D eigenvalue weighted by atomic mass is 32.2. The lowest BCUT2D eigenvalue weighted by atomic mass is 10.1. The zero-order valence-electron chi connectivity index (χ0n) is 14.1. The first kappa shape index (κ1) is 18.1. The van der Waals surface area contributed by atoms with E-state index in [4.69, 9.17) is 9.47 Å². The average Bonchev–Trinajstić information content (AvgIpc) is 3.25. The second kappa shape index (κ2) is 7.79. The number of rotatable bonds is 6. The van der Waals surface area contributed by atoms with E-state index < -0.39 is 24.5 Å². The van der Waals surface area contributed by atoms with Crippen LogP contribution in [-0.2, 0) is 9.47 Å². The quantitative estimate of drug-likeness (QED) is 0.411. The molecule has 1 fully saturated rings. The van der Waals surface area contributed by atoms with Gasteiger partial charge in [0, 0.05) is 4.90 Å². The van der Waals surface area contributed by atoms with Gasteiger partial charge in [-0.3, -0.25) is 9.36 Å². The van der Waals surface area contributed by atoms with Crippen molar-refractivity contribution in [1.29, 1.82) is 0 Å². The molecule has 0 radical (unpaired) electrons. The molecular formula is C17H18N4O5S. The standard InChI is InChI=1S/C17H18N4O5S/c22-6-11-13(23)14(25-9-27-10-4-2-1-3-5-10)17(26-11)21-8-20-12-15(21)18-7-19-16(12)24/h1-5,7-8,11,13-14,17,22-23H,6,9H2,(H,18,19,24)/t11-,13?,14?,17-/m1/s1. The van der Waals surface area contributed by atoms with E-state index in [1.807, 2.05) is 30.3 Å². The smallest absolute Gasteiger partial charge is 0.278 e. The van der Waals surface area contributed by atoms with Crippen LogP contribution in [0.1, 0.15) is 6.23 Å². The number of aliphatic hydroxyl groups is 2. The first-order valence-corrected chi connectivity index (χ1v) is 9.31. The van der Waals surface area contributed by atoms with Crippen molar-refractivity contribution in [3.8, 4) is 0 Å². The molecular weight excluding hydrogens is 372 g/mol. The maximum Gasteiger partial charge on any atom is 0.278 e. The van der Waals surface area contributed by atoms with E-state index in [1.165, 1.54) is 24.4 Å². The van der Waals surface area contributed by atoms with Gasteiger partial charge >= 0.3 is 0 Å². The van der Waals surface area contributed by atoms with E-state index in [0.717, 1.165) is 4.90 Å². The molecule has 2 aromatic heterocycles. The van der Waals surface area contributed by atoms with E-state index in [2.05, 4.69) is 15.0 Å². The number of aliphatic hydroxyl groups excluding tert-OH is 2. The molecule has 0 aliphatic carbocycles. The van der Waals surface area contributed by atoms with Gasteiger partial charge in [0.15, 0.2) is 17.4 Å². The Balaban J connectivity index is 1.57. The number of imidazole rings is 1. The van der Waals surface area contributed by atoms with Crippen LogP contribution in [0.2, 0.25) is 0 Å². The molecule has 3 aromatic rings. The third kappa shape index (κ3) is 3.49. The van der Waals surface area contributed by atoms with Crippen molar-refractivity contribution in [2.75, 3.05) is 12.5 Å². The minimum absolute atomic E-state index is 0.167. The van der Waals surface area contributed by atoms with E-state index in [1.54, 1.807) is 4.57 Å². The first-order valence-electron chi connectivity index (χ1n) is 8.33. The minimum atomic E-state index is -1.03. The number of aromatic nitrogens is 4. The fourth-order valence-corrected chi connectivity index (χ4v) is 3.73. The lowest BCUT2D eigenvalue weighted by Crippen LogP contribution is -2.35. The van der Waals surface area contributed by atoms with E-state index in [-0.39, 0.29) is 23.6 Å². The Bertz CT molecular complexity index is 963. The molecule has 0 spiro atoms. The van der Waals surface area contributed by atoms with Crippen molar-refractivity contribution < 1.29 is 19.7 Å². The molecule has 2 unspecified atom stereocenters. The van der Waals surface area contributed by atoms with Crippen LogP contribution in [0, 0.1) is 0 Å². The Morgan fingerprint density at radius 3 is 2.89 bits per heavy atom. The maximum absolute atomic E-state index is 11.9. The second-order valence-electron chi connectivity index (χ2n) is 6.00. The van der Waals surface area contributed by atoms with Crippen molar-refractivity contribution in [1.82, 2.24) is 19.5 Å². The first-order chi connectivity index (χ1) is 13.2. The van der Waals surface area contributed by atoms with Crippen LogP contribution in [0.25, 0.3) is 11.2 Å². The number of nitrogens with one attached hydrogen (secondary N) is 1. The molecule has 0 bridgehead atoms.